The molecule has 2 heterocycles. The Kier molecular flexibility index (Phi) is 4.32. The number of nitro groups is 1. The van der Waals surface area contributed by atoms with Crippen molar-refractivity contribution in [3.05, 3.63) is 82.4 Å². The standard InChI is InChI=1S/C18H13N5O2S/c24-23(25)15-8-4-7-14(11-15)16-9-10-17-19-20-18(22(17)21-16)26-12-13-5-2-1-3-6-13/h1-11H,12H2. The lowest BCUT2D eigenvalue weighted by Gasteiger charge is -2.03. The summed E-state index contributed by atoms with van der Waals surface area (Å²) in [5, 5.41) is 24.6. The van der Waals surface area contributed by atoms with Crippen molar-refractivity contribution in [2.24, 2.45) is 0 Å². The zero-order valence-corrected chi connectivity index (χ0v) is 14.3. The van der Waals surface area contributed by atoms with Gasteiger partial charge in [-0.3, -0.25) is 10.1 Å². The fraction of sp³-hybridized carbons (Fsp3) is 0.0556. The third kappa shape index (κ3) is 3.27. The molecule has 2 aromatic carbocycles. The van der Waals surface area contributed by atoms with Crippen LogP contribution in [0.25, 0.3) is 16.9 Å². The molecule has 26 heavy (non-hydrogen) atoms. The van der Waals surface area contributed by atoms with E-state index in [1.807, 2.05) is 18.2 Å². The van der Waals surface area contributed by atoms with Crippen LogP contribution < -0.4 is 0 Å². The van der Waals surface area contributed by atoms with Gasteiger partial charge in [-0.05, 0) is 17.7 Å². The maximum Gasteiger partial charge on any atom is 0.270 e. The highest BCUT2D eigenvalue weighted by molar-refractivity contribution is 7.98. The minimum absolute atomic E-state index is 0.0341. The lowest BCUT2D eigenvalue weighted by atomic mass is 10.1. The Morgan fingerprint density at radius 3 is 2.65 bits per heavy atom. The van der Waals surface area contributed by atoms with Gasteiger partial charge in [-0.25, -0.2) is 0 Å². The Morgan fingerprint density at radius 2 is 1.85 bits per heavy atom. The summed E-state index contributed by atoms with van der Waals surface area (Å²) in [7, 11) is 0. The van der Waals surface area contributed by atoms with Gasteiger partial charge in [0.15, 0.2) is 5.65 Å². The van der Waals surface area contributed by atoms with Crippen molar-refractivity contribution in [1.82, 2.24) is 19.8 Å². The van der Waals surface area contributed by atoms with Gasteiger partial charge < -0.3 is 0 Å². The van der Waals surface area contributed by atoms with Gasteiger partial charge in [-0.2, -0.15) is 9.61 Å². The number of aromatic nitrogens is 4. The monoisotopic (exact) mass is 363 g/mol. The molecular formula is C18H13N5O2S. The lowest BCUT2D eigenvalue weighted by molar-refractivity contribution is -0.384. The Bertz CT molecular complexity index is 1080. The molecule has 7 nitrogen and oxygen atoms in total. The van der Waals surface area contributed by atoms with Crippen LogP contribution in [0.4, 0.5) is 5.69 Å². The Balaban J connectivity index is 1.66. The van der Waals surface area contributed by atoms with E-state index < -0.39 is 4.92 Å². The number of rotatable bonds is 5. The lowest BCUT2D eigenvalue weighted by Crippen LogP contribution is -1.97. The molecule has 0 bridgehead atoms. The summed E-state index contributed by atoms with van der Waals surface area (Å²) in [6.07, 6.45) is 0. The average molecular weight is 363 g/mol. The molecule has 0 radical (unpaired) electrons. The van der Waals surface area contributed by atoms with Crippen LogP contribution in [0.1, 0.15) is 5.56 Å². The molecule has 0 aliphatic carbocycles. The fourth-order valence-corrected chi connectivity index (χ4v) is 3.36. The number of non-ortho nitro benzene ring substituents is 1. The van der Waals surface area contributed by atoms with Crippen LogP contribution in [-0.4, -0.2) is 24.7 Å². The Hall–Kier alpha value is -3.26. The molecule has 0 unspecified atom stereocenters. The highest BCUT2D eigenvalue weighted by Crippen LogP contribution is 2.25. The van der Waals surface area contributed by atoms with Crippen molar-refractivity contribution in [1.29, 1.82) is 0 Å². The molecule has 8 heteroatoms. The molecule has 0 amide bonds. The summed E-state index contributed by atoms with van der Waals surface area (Å²) in [6.45, 7) is 0. The first-order chi connectivity index (χ1) is 12.7. The van der Waals surface area contributed by atoms with E-state index in [4.69, 9.17) is 0 Å². The smallest absolute Gasteiger partial charge is 0.258 e. The maximum atomic E-state index is 11.0. The summed E-state index contributed by atoms with van der Waals surface area (Å²) in [5.41, 5.74) is 3.15. The molecule has 2 aromatic heterocycles. The average Bonchev–Trinajstić information content (AvgIpc) is 3.09. The highest BCUT2D eigenvalue weighted by atomic mass is 32.2. The number of thioether (sulfide) groups is 1. The number of benzene rings is 2. The van der Waals surface area contributed by atoms with E-state index >= 15 is 0 Å². The van der Waals surface area contributed by atoms with Crippen molar-refractivity contribution in [3.63, 3.8) is 0 Å². The van der Waals surface area contributed by atoms with Gasteiger partial charge in [0.05, 0.1) is 10.6 Å². The number of fused-ring (bicyclic) bond motifs is 1. The van der Waals surface area contributed by atoms with E-state index in [1.165, 1.54) is 17.7 Å². The van der Waals surface area contributed by atoms with Crippen LogP contribution in [0.2, 0.25) is 0 Å². The van der Waals surface area contributed by atoms with E-state index in [-0.39, 0.29) is 5.69 Å². The molecule has 4 rings (SSSR count). The summed E-state index contributed by atoms with van der Waals surface area (Å²) < 4.78 is 1.67. The van der Waals surface area contributed by atoms with Crippen molar-refractivity contribution in [2.45, 2.75) is 10.9 Å². The number of hydrogen-bond donors (Lipinski definition) is 0. The zero-order chi connectivity index (χ0) is 17.9. The third-order valence-electron chi connectivity index (χ3n) is 3.80. The van der Waals surface area contributed by atoms with Crippen molar-refractivity contribution in [3.8, 4) is 11.3 Å². The molecule has 4 aromatic rings. The minimum atomic E-state index is -0.415. The summed E-state index contributed by atoms with van der Waals surface area (Å²) in [6, 6.07) is 20.1. The fourth-order valence-electron chi connectivity index (χ4n) is 2.51. The molecule has 0 saturated carbocycles. The summed E-state index contributed by atoms with van der Waals surface area (Å²) in [4.78, 5) is 10.6. The molecule has 128 valence electrons. The highest BCUT2D eigenvalue weighted by Gasteiger charge is 2.12. The van der Waals surface area contributed by atoms with Gasteiger partial charge in [0.1, 0.15) is 0 Å². The first-order valence-corrected chi connectivity index (χ1v) is 8.83. The van der Waals surface area contributed by atoms with Gasteiger partial charge in [0, 0.05) is 23.4 Å². The van der Waals surface area contributed by atoms with Crippen LogP contribution in [0, 0.1) is 10.1 Å². The van der Waals surface area contributed by atoms with E-state index in [2.05, 4.69) is 27.4 Å². The van der Waals surface area contributed by atoms with Gasteiger partial charge >= 0.3 is 0 Å². The first-order valence-electron chi connectivity index (χ1n) is 7.85. The van der Waals surface area contributed by atoms with Crippen LogP contribution in [0.3, 0.4) is 0 Å². The molecule has 0 fully saturated rings. The molecule has 0 spiro atoms. The van der Waals surface area contributed by atoms with E-state index in [0.29, 0.717) is 22.1 Å². The zero-order valence-electron chi connectivity index (χ0n) is 13.5. The van der Waals surface area contributed by atoms with Crippen molar-refractivity contribution >= 4 is 23.1 Å². The third-order valence-corrected chi connectivity index (χ3v) is 4.79. The normalized spacial score (nSPS) is 10.9. The second kappa shape index (κ2) is 6.93. The second-order valence-corrected chi connectivity index (χ2v) is 6.50. The van der Waals surface area contributed by atoms with Crippen LogP contribution in [0.15, 0.2) is 71.9 Å². The molecular weight excluding hydrogens is 350 g/mol. The molecule has 0 aliphatic rings. The van der Waals surface area contributed by atoms with E-state index in [9.17, 15) is 10.1 Å². The molecule has 0 aliphatic heterocycles. The number of hydrogen-bond acceptors (Lipinski definition) is 6. The molecule has 0 atom stereocenters. The predicted octanol–water partition coefficient (Wildman–Crippen LogP) is 3.99. The van der Waals surface area contributed by atoms with Gasteiger partial charge in [0.2, 0.25) is 5.16 Å². The second-order valence-electron chi connectivity index (χ2n) is 5.55. The van der Waals surface area contributed by atoms with E-state index in [0.717, 1.165) is 5.75 Å². The summed E-state index contributed by atoms with van der Waals surface area (Å²) in [5.74, 6) is 0.754. The number of nitro benzene ring substituents is 1. The topological polar surface area (TPSA) is 86.2 Å². The van der Waals surface area contributed by atoms with Crippen LogP contribution in [-0.2, 0) is 5.75 Å². The number of nitrogens with zero attached hydrogens (tertiary/aromatic N) is 5. The largest absolute Gasteiger partial charge is 0.270 e. The molecule has 0 N–H and O–H groups in total. The minimum Gasteiger partial charge on any atom is -0.258 e. The Morgan fingerprint density at radius 1 is 1.00 bits per heavy atom. The predicted molar refractivity (Wildman–Crippen MR) is 98.9 cm³/mol. The van der Waals surface area contributed by atoms with E-state index in [1.54, 1.807) is 40.5 Å². The van der Waals surface area contributed by atoms with Gasteiger partial charge in [-0.15, -0.1) is 10.2 Å². The van der Waals surface area contributed by atoms with Crippen molar-refractivity contribution in [2.75, 3.05) is 0 Å². The first kappa shape index (κ1) is 16.2. The summed E-state index contributed by atoms with van der Waals surface area (Å²) >= 11 is 1.54. The maximum absolute atomic E-state index is 11.0. The molecule has 0 saturated heterocycles. The van der Waals surface area contributed by atoms with Gasteiger partial charge in [0.25, 0.3) is 5.69 Å². The van der Waals surface area contributed by atoms with Crippen molar-refractivity contribution < 1.29 is 4.92 Å². The van der Waals surface area contributed by atoms with Crippen LogP contribution in [0.5, 0.6) is 0 Å². The Labute approximate surface area is 152 Å². The SMILES string of the molecule is O=[N+]([O-])c1cccc(-c2ccc3nnc(SCc4ccccc4)n3n2)c1. The van der Waals surface area contributed by atoms with Gasteiger partial charge in [-0.1, -0.05) is 54.2 Å². The van der Waals surface area contributed by atoms with Crippen LogP contribution >= 0.6 is 11.8 Å². The quantitative estimate of drug-likeness (QED) is 0.303.